The summed E-state index contributed by atoms with van der Waals surface area (Å²) in [6, 6.07) is 26.5. The molecule has 1 heterocycles. The quantitative estimate of drug-likeness (QED) is 0.305. The Balaban J connectivity index is 1.97. The van der Waals surface area contributed by atoms with E-state index < -0.39 is 32.9 Å². The monoisotopic (exact) mass is 557 g/mol. The highest BCUT2D eigenvalue weighted by Crippen LogP contribution is 2.54. The fraction of sp³-hybridized carbons (Fsp3) is 0.250. The van der Waals surface area contributed by atoms with Gasteiger partial charge in [0.1, 0.15) is 5.41 Å². The number of fused-ring (bicyclic) bond motifs is 2. The van der Waals surface area contributed by atoms with Crippen molar-refractivity contribution in [2.45, 2.75) is 43.2 Å². The summed E-state index contributed by atoms with van der Waals surface area (Å²) in [5, 5.41) is 1.72. The Morgan fingerprint density at radius 1 is 0.875 bits per heavy atom. The van der Waals surface area contributed by atoms with Gasteiger partial charge in [-0.25, -0.2) is 13.2 Å². The van der Waals surface area contributed by atoms with Crippen molar-refractivity contribution in [3.63, 3.8) is 0 Å². The van der Waals surface area contributed by atoms with Crippen LogP contribution in [0.25, 0.3) is 10.8 Å². The summed E-state index contributed by atoms with van der Waals surface area (Å²) in [6.45, 7) is 4.87. The maximum Gasteiger partial charge on any atom is 0.328 e. The smallest absolute Gasteiger partial charge is 0.328 e. The minimum atomic E-state index is -4.34. The third kappa shape index (κ3) is 3.93. The van der Waals surface area contributed by atoms with Crippen molar-refractivity contribution >= 4 is 32.7 Å². The number of sulfonamides is 1. The number of hydrogen-bond donors (Lipinski definition) is 0. The van der Waals surface area contributed by atoms with Crippen LogP contribution in [-0.4, -0.2) is 43.9 Å². The Morgan fingerprint density at radius 3 is 2.08 bits per heavy atom. The number of carbonyl (C=O) groups excluding carboxylic acids is 2. The Hall–Kier alpha value is -4.01. The van der Waals surface area contributed by atoms with E-state index in [1.54, 1.807) is 49.4 Å². The third-order valence-electron chi connectivity index (χ3n) is 7.90. The topological polar surface area (TPSA) is 90.0 Å². The van der Waals surface area contributed by atoms with E-state index in [0.717, 1.165) is 20.6 Å². The van der Waals surface area contributed by atoms with E-state index in [2.05, 4.69) is 0 Å². The average Bonchev–Trinajstić information content (AvgIpc) is 2.96. The van der Waals surface area contributed by atoms with Gasteiger partial charge in [-0.1, -0.05) is 72.3 Å². The molecule has 0 radical (unpaired) electrons. The van der Waals surface area contributed by atoms with Crippen LogP contribution in [0.4, 0.5) is 0 Å². The first-order valence-electron chi connectivity index (χ1n) is 13.0. The van der Waals surface area contributed by atoms with Crippen LogP contribution in [0.2, 0.25) is 0 Å². The number of rotatable bonds is 6. The largest absolute Gasteiger partial charge is 0.468 e. The van der Waals surface area contributed by atoms with Gasteiger partial charge in [-0.05, 0) is 72.5 Å². The summed E-state index contributed by atoms with van der Waals surface area (Å²) in [5.74, 6) is -1.62. The van der Waals surface area contributed by atoms with Crippen LogP contribution in [0, 0.1) is 6.92 Å². The number of ether oxygens (including phenoxy) is 2. The normalized spacial score (nSPS) is 21.0. The van der Waals surface area contributed by atoms with Crippen molar-refractivity contribution in [1.82, 2.24) is 4.31 Å². The highest BCUT2D eigenvalue weighted by molar-refractivity contribution is 7.89. The van der Waals surface area contributed by atoms with Gasteiger partial charge in [0, 0.05) is 6.54 Å². The van der Waals surface area contributed by atoms with Crippen molar-refractivity contribution in [3.05, 3.63) is 113 Å². The standard InChI is InChI=1S/C32H31NO6S/c1-5-39-30(35)32(26-13-7-6-8-14-26)28-20-24-12-10-9-11-23(24)19-25(28)21-33(31(32,3)29(34)38-4)40(36,37)27-17-15-22(2)16-18-27/h6-20H,5,21H2,1-4H3/t31-,32?/m0/s1. The van der Waals surface area contributed by atoms with Crippen molar-refractivity contribution in [1.29, 1.82) is 0 Å². The van der Waals surface area contributed by atoms with E-state index >= 15 is 0 Å². The van der Waals surface area contributed by atoms with Crippen LogP contribution in [0.15, 0.2) is 95.9 Å². The number of methoxy groups -OCH3 is 1. The zero-order chi connectivity index (χ0) is 28.7. The molecule has 1 aliphatic rings. The van der Waals surface area contributed by atoms with Gasteiger partial charge in [0.05, 0.1) is 18.6 Å². The molecule has 4 aromatic carbocycles. The molecule has 0 saturated heterocycles. The van der Waals surface area contributed by atoms with Crippen LogP contribution in [-0.2, 0) is 41.0 Å². The molecule has 8 heteroatoms. The zero-order valence-corrected chi connectivity index (χ0v) is 23.7. The molecular weight excluding hydrogens is 526 g/mol. The summed E-state index contributed by atoms with van der Waals surface area (Å²) >= 11 is 0. The number of hydrogen-bond acceptors (Lipinski definition) is 6. The number of nitrogens with zero attached hydrogens (tertiary/aromatic N) is 1. The fourth-order valence-electron chi connectivity index (χ4n) is 5.94. The van der Waals surface area contributed by atoms with Crippen LogP contribution < -0.4 is 0 Å². The molecule has 1 aliphatic heterocycles. The lowest BCUT2D eigenvalue weighted by Crippen LogP contribution is -2.72. The molecule has 0 spiro atoms. The predicted octanol–water partition coefficient (Wildman–Crippen LogP) is 5.13. The molecule has 4 aromatic rings. The number of benzene rings is 4. The molecule has 0 aliphatic carbocycles. The molecule has 0 fully saturated rings. The molecule has 0 aromatic heterocycles. The number of esters is 2. The van der Waals surface area contributed by atoms with E-state index in [1.807, 2.05) is 43.3 Å². The van der Waals surface area contributed by atoms with E-state index in [-0.39, 0.29) is 18.0 Å². The maximum absolute atomic E-state index is 14.5. The second kappa shape index (κ2) is 10.2. The molecule has 0 saturated carbocycles. The first-order valence-corrected chi connectivity index (χ1v) is 14.5. The summed E-state index contributed by atoms with van der Waals surface area (Å²) in [4.78, 5) is 28.5. The molecule has 40 heavy (non-hydrogen) atoms. The van der Waals surface area contributed by atoms with Gasteiger partial charge < -0.3 is 9.47 Å². The van der Waals surface area contributed by atoms with Gasteiger partial charge in [-0.15, -0.1) is 0 Å². The zero-order valence-electron chi connectivity index (χ0n) is 22.9. The van der Waals surface area contributed by atoms with Crippen LogP contribution >= 0.6 is 0 Å². The van der Waals surface area contributed by atoms with Gasteiger partial charge >= 0.3 is 11.9 Å². The molecule has 2 atom stereocenters. The SMILES string of the molecule is CCOC(=O)C1(c2ccccc2)c2cc3ccccc3cc2CN(S(=O)(=O)c2ccc(C)cc2)[C@@]1(C)C(=O)OC. The van der Waals surface area contributed by atoms with Crippen LogP contribution in [0.3, 0.4) is 0 Å². The first-order chi connectivity index (χ1) is 19.1. The predicted molar refractivity (Wildman–Crippen MR) is 152 cm³/mol. The summed E-state index contributed by atoms with van der Waals surface area (Å²) in [6.07, 6.45) is 0. The first kappa shape index (κ1) is 27.6. The van der Waals surface area contributed by atoms with Crippen molar-refractivity contribution in [2.24, 2.45) is 0 Å². The summed E-state index contributed by atoms with van der Waals surface area (Å²) in [7, 11) is -3.14. The fourth-order valence-corrected chi connectivity index (χ4v) is 7.67. The minimum Gasteiger partial charge on any atom is -0.468 e. The Bertz CT molecular complexity index is 1700. The molecule has 1 unspecified atom stereocenters. The molecule has 0 amide bonds. The number of aryl methyl sites for hydroxylation is 1. The average molecular weight is 558 g/mol. The highest BCUT2D eigenvalue weighted by atomic mass is 32.2. The molecular formula is C32H31NO6S. The molecule has 206 valence electrons. The Labute approximate surface area is 234 Å². The lowest BCUT2D eigenvalue weighted by atomic mass is 9.58. The third-order valence-corrected chi connectivity index (χ3v) is 9.84. The van der Waals surface area contributed by atoms with Gasteiger partial charge in [-0.2, -0.15) is 4.31 Å². The van der Waals surface area contributed by atoms with Crippen molar-refractivity contribution in [2.75, 3.05) is 13.7 Å². The minimum absolute atomic E-state index is 0.00304. The van der Waals surface area contributed by atoms with E-state index in [1.165, 1.54) is 26.2 Å². The van der Waals surface area contributed by atoms with E-state index in [9.17, 15) is 18.0 Å². The molecule has 7 nitrogen and oxygen atoms in total. The van der Waals surface area contributed by atoms with E-state index in [4.69, 9.17) is 9.47 Å². The molecule has 5 rings (SSSR count). The van der Waals surface area contributed by atoms with Crippen LogP contribution in [0.5, 0.6) is 0 Å². The second-order valence-corrected chi connectivity index (χ2v) is 11.9. The molecule has 0 bridgehead atoms. The van der Waals surface area contributed by atoms with Gasteiger partial charge in [0.15, 0.2) is 5.54 Å². The van der Waals surface area contributed by atoms with E-state index in [0.29, 0.717) is 16.7 Å². The Kier molecular flexibility index (Phi) is 7.02. The van der Waals surface area contributed by atoms with Crippen molar-refractivity contribution in [3.8, 4) is 0 Å². The van der Waals surface area contributed by atoms with Crippen molar-refractivity contribution < 1.29 is 27.5 Å². The maximum atomic E-state index is 14.5. The van der Waals surface area contributed by atoms with Crippen LogP contribution in [0.1, 0.15) is 36.1 Å². The lowest BCUT2D eigenvalue weighted by molar-refractivity contribution is -0.168. The number of carbonyl (C=O) groups is 2. The van der Waals surface area contributed by atoms with Gasteiger partial charge in [0.25, 0.3) is 0 Å². The highest BCUT2D eigenvalue weighted by Gasteiger charge is 2.69. The van der Waals surface area contributed by atoms with Gasteiger partial charge in [0.2, 0.25) is 10.0 Å². The Morgan fingerprint density at radius 2 is 1.48 bits per heavy atom. The molecule has 0 N–H and O–H groups in total. The lowest BCUT2D eigenvalue weighted by Gasteiger charge is -2.53. The summed E-state index contributed by atoms with van der Waals surface area (Å²) < 4.78 is 41.1. The second-order valence-electron chi connectivity index (χ2n) is 10.1. The van der Waals surface area contributed by atoms with Gasteiger partial charge in [-0.3, -0.25) is 4.79 Å². The summed E-state index contributed by atoms with van der Waals surface area (Å²) in [5.41, 5.74) is -1.56.